The summed E-state index contributed by atoms with van der Waals surface area (Å²) in [7, 11) is 0. The molecule has 150 valence electrons. The molecule has 0 spiro atoms. The van der Waals surface area contributed by atoms with Crippen LogP contribution in [0.5, 0.6) is 0 Å². The second-order valence-electron chi connectivity index (χ2n) is 10.0. The van der Waals surface area contributed by atoms with E-state index in [4.69, 9.17) is 0 Å². The molecule has 0 unspecified atom stereocenters. The van der Waals surface area contributed by atoms with Gasteiger partial charge in [-0.2, -0.15) is 0 Å². The number of hydrogen-bond donors (Lipinski definition) is 2. The van der Waals surface area contributed by atoms with E-state index in [0.717, 1.165) is 35.6 Å². The summed E-state index contributed by atoms with van der Waals surface area (Å²) in [5.41, 5.74) is 2.85. The van der Waals surface area contributed by atoms with Gasteiger partial charge in [0, 0.05) is 25.3 Å². The van der Waals surface area contributed by atoms with E-state index in [1.807, 2.05) is 28.8 Å². The van der Waals surface area contributed by atoms with E-state index in [9.17, 15) is 4.79 Å². The number of fused-ring (bicyclic) bond motifs is 1. The van der Waals surface area contributed by atoms with Gasteiger partial charge in [0.25, 0.3) is 5.91 Å². The number of aromatic nitrogens is 2. The van der Waals surface area contributed by atoms with Gasteiger partial charge in [-0.3, -0.25) is 9.20 Å². The summed E-state index contributed by atoms with van der Waals surface area (Å²) in [5, 5.41) is 6.70. The normalized spacial score (nSPS) is 31.0. The first-order valence-corrected chi connectivity index (χ1v) is 11.0. The zero-order chi connectivity index (χ0) is 19.3. The van der Waals surface area contributed by atoms with Crippen molar-refractivity contribution in [3.63, 3.8) is 0 Å². The fraction of sp³-hybridized carbons (Fsp3) is 0.652. The summed E-state index contributed by atoms with van der Waals surface area (Å²) >= 11 is 0. The highest BCUT2D eigenvalue weighted by Gasteiger charge is 2.50. The molecule has 4 fully saturated rings. The van der Waals surface area contributed by atoms with E-state index in [1.54, 1.807) is 0 Å². The molecule has 6 rings (SSSR count). The van der Waals surface area contributed by atoms with Gasteiger partial charge in [-0.15, -0.1) is 0 Å². The van der Waals surface area contributed by atoms with Crippen LogP contribution in [0.1, 0.15) is 68.6 Å². The van der Waals surface area contributed by atoms with Crippen LogP contribution in [0.2, 0.25) is 0 Å². The van der Waals surface area contributed by atoms with Crippen LogP contribution >= 0.6 is 0 Å². The molecule has 0 aliphatic heterocycles. The Labute approximate surface area is 167 Å². The number of rotatable bonds is 6. The molecule has 0 aromatic carbocycles. The number of hydrogen-bond acceptors (Lipinski definition) is 3. The van der Waals surface area contributed by atoms with E-state index in [0.29, 0.717) is 23.7 Å². The third-order valence-corrected chi connectivity index (χ3v) is 7.26. The maximum atomic E-state index is 13.1. The molecule has 0 atom stereocenters. The molecule has 4 aliphatic carbocycles. The van der Waals surface area contributed by atoms with E-state index in [1.165, 1.54) is 38.5 Å². The molecule has 5 nitrogen and oxygen atoms in total. The Morgan fingerprint density at radius 1 is 1.18 bits per heavy atom. The summed E-state index contributed by atoms with van der Waals surface area (Å²) in [4.78, 5) is 17.7. The molecule has 2 aromatic rings. The van der Waals surface area contributed by atoms with Crippen molar-refractivity contribution in [1.29, 1.82) is 0 Å². The Hall–Kier alpha value is -1.88. The lowest BCUT2D eigenvalue weighted by Crippen LogP contribution is -2.51. The van der Waals surface area contributed by atoms with Crippen molar-refractivity contribution < 1.29 is 4.79 Å². The van der Waals surface area contributed by atoms with Gasteiger partial charge in [-0.1, -0.05) is 19.9 Å². The number of amides is 1. The third kappa shape index (κ3) is 3.34. The summed E-state index contributed by atoms with van der Waals surface area (Å²) in [6, 6.07) is 6.22. The first-order valence-electron chi connectivity index (χ1n) is 11.0. The Bertz CT molecular complexity index is 849. The second-order valence-corrected chi connectivity index (χ2v) is 10.0. The molecule has 28 heavy (non-hydrogen) atoms. The van der Waals surface area contributed by atoms with E-state index < -0.39 is 0 Å². The maximum Gasteiger partial charge on any atom is 0.268 e. The van der Waals surface area contributed by atoms with Crippen molar-refractivity contribution in [2.75, 3.05) is 6.54 Å². The van der Waals surface area contributed by atoms with Crippen molar-refractivity contribution in [3.05, 3.63) is 35.8 Å². The molecule has 4 saturated carbocycles. The monoisotopic (exact) mass is 380 g/mol. The standard InChI is InChI=1S/C23H32N4O/c1-15(2)24-12-19-13-27-20(4-3-5-21(27)26-19)22(28)25-14-23-9-16-6-17(10-23)8-18(7-16)11-23/h3-5,13,15-18,24H,6-12,14H2,1-2H3,(H,25,28). The maximum absolute atomic E-state index is 13.1. The largest absolute Gasteiger partial charge is 0.350 e. The van der Waals surface area contributed by atoms with Crippen LogP contribution in [0.4, 0.5) is 0 Å². The number of carbonyl (C=O) groups excluding carboxylic acids is 1. The first kappa shape index (κ1) is 18.2. The van der Waals surface area contributed by atoms with Gasteiger partial charge in [0.1, 0.15) is 11.3 Å². The van der Waals surface area contributed by atoms with Crippen LogP contribution in [0, 0.1) is 23.2 Å². The van der Waals surface area contributed by atoms with Crippen molar-refractivity contribution in [2.45, 2.75) is 65.0 Å². The van der Waals surface area contributed by atoms with Crippen LogP contribution in [0.25, 0.3) is 5.65 Å². The quantitative estimate of drug-likeness (QED) is 0.802. The highest BCUT2D eigenvalue weighted by molar-refractivity contribution is 5.93. The van der Waals surface area contributed by atoms with Gasteiger partial charge in [0.2, 0.25) is 0 Å². The fourth-order valence-corrected chi connectivity index (χ4v) is 6.50. The molecule has 2 N–H and O–H groups in total. The Kier molecular flexibility index (Phi) is 4.46. The van der Waals surface area contributed by atoms with Crippen molar-refractivity contribution in [3.8, 4) is 0 Å². The average molecular weight is 381 g/mol. The highest BCUT2D eigenvalue weighted by Crippen LogP contribution is 2.59. The molecule has 4 bridgehead atoms. The molecule has 5 heteroatoms. The molecular formula is C23H32N4O. The van der Waals surface area contributed by atoms with Gasteiger partial charge in [-0.05, 0) is 73.8 Å². The lowest BCUT2D eigenvalue weighted by molar-refractivity contribution is -0.0503. The topological polar surface area (TPSA) is 58.4 Å². The number of nitrogens with zero attached hydrogens (tertiary/aromatic N) is 2. The lowest BCUT2D eigenvalue weighted by atomic mass is 9.49. The Morgan fingerprint density at radius 2 is 1.86 bits per heavy atom. The Morgan fingerprint density at radius 3 is 2.50 bits per heavy atom. The van der Waals surface area contributed by atoms with Crippen molar-refractivity contribution in [1.82, 2.24) is 20.0 Å². The van der Waals surface area contributed by atoms with E-state index in [-0.39, 0.29) is 5.91 Å². The molecule has 4 aliphatic rings. The molecule has 0 radical (unpaired) electrons. The molecule has 1 amide bonds. The number of carbonyl (C=O) groups is 1. The zero-order valence-electron chi connectivity index (χ0n) is 17.1. The minimum Gasteiger partial charge on any atom is -0.350 e. The van der Waals surface area contributed by atoms with Crippen molar-refractivity contribution in [2.24, 2.45) is 23.2 Å². The zero-order valence-corrected chi connectivity index (χ0v) is 17.1. The minimum atomic E-state index is 0.0297. The minimum absolute atomic E-state index is 0.0297. The predicted molar refractivity (Wildman–Crippen MR) is 110 cm³/mol. The molecule has 0 saturated heterocycles. The lowest BCUT2D eigenvalue weighted by Gasteiger charge is -2.56. The van der Waals surface area contributed by atoms with Gasteiger partial charge in [-0.25, -0.2) is 4.98 Å². The summed E-state index contributed by atoms with van der Waals surface area (Å²) < 4.78 is 1.94. The van der Waals surface area contributed by atoms with Crippen LogP contribution in [0.15, 0.2) is 24.4 Å². The SMILES string of the molecule is CC(C)NCc1cn2c(C(=O)NCC34CC5CC(CC(C5)C3)C4)cccc2n1. The first-order chi connectivity index (χ1) is 13.5. The van der Waals surface area contributed by atoms with Crippen LogP contribution in [-0.4, -0.2) is 27.9 Å². The fourth-order valence-electron chi connectivity index (χ4n) is 6.50. The number of pyridine rings is 1. The summed E-state index contributed by atoms with van der Waals surface area (Å²) in [6.07, 6.45) is 10.3. The predicted octanol–water partition coefficient (Wildman–Crippen LogP) is 3.78. The summed E-state index contributed by atoms with van der Waals surface area (Å²) in [5.74, 6) is 2.77. The smallest absolute Gasteiger partial charge is 0.268 e. The van der Waals surface area contributed by atoms with Crippen LogP contribution in [-0.2, 0) is 6.54 Å². The van der Waals surface area contributed by atoms with E-state index >= 15 is 0 Å². The third-order valence-electron chi connectivity index (χ3n) is 7.26. The van der Waals surface area contributed by atoms with Gasteiger partial charge >= 0.3 is 0 Å². The summed E-state index contributed by atoms with van der Waals surface area (Å²) in [6.45, 7) is 5.80. The van der Waals surface area contributed by atoms with Crippen LogP contribution in [0.3, 0.4) is 0 Å². The molecular weight excluding hydrogens is 348 g/mol. The number of imidazole rings is 1. The second kappa shape index (κ2) is 6.87. The van der Waals surface area contributed by atoms with Crippen LogP contribution < -0.4 is 10.6 Å². The van der Waals surface area contributed by atoms with Crippen molar-refractivity contribution >= 4 is 11.6 Å². The van der Waals surface area contributed by atoms with Gasteiger partial charge in [0.05, 0.1) is 5.69 Å². The molecule has 2 aromatic heterocycles. The van der Waals surface area contributed by atoms with Gasteiger partial charge < -0.3 is 10.6 Å². The Balaban J connectivity index is 1.31. The number of nitrogens with one attached hydrogen (secondary N) is 2. The average Bonchev–Trinajstić information content (AvgIpc) is 3.06. The molecule has 2 heterocycles. The highest BCUT2D eigenvalue weighted by atomic mass is 16.1. The van der Waals surface area contributed by atoms with E-state index in [2.05, 4.69) is 29.5 Å². The van der Waals surface area contributed by atoms with Gasteiger partial charge in [0.15, 0.2) is 0 Å².